The summed E-state index contributed by atoms with van der Waals surface area (Å²) in [6, 6.07) is 4.74. The molecule has 2 aliphatic heterocycles. The Balaban J connectivity index is 1.67. The molecule has 2 aliphatic rings. The molecule has 1 aromatic rings. The molecule has 0 aromatic heterocycles. The molecule has 0 saturated carbocycles. The van der Waals surface area contributed by atoms with Crippen molar-refractivity contribution >= 4 is 23.4 Å². The fourth-order valence-corrected chi connectivity index (χ4v) is 3.76. The number of amides is 2. The van der Waals surface area contributed by atoms with Gasteiger partial charge in [0.1, 0.15) is 5.60 Å². The van der Waals surface area contributed by atoms with Crippen LogP contribution in [0.1, 0.15) is 45.6 Å². The number of non-ortho nitro benzene ring substituents is 1. The van der Waals surface area contributed by atoms with Crippen LogP contribution in [0.15, 0.2) is 18.2 Å². The predicted octanol–water partition coefficient (Wildman–Crippen LogP) is 3.52. The number of aryl methyl sites for hydroxylation is 1. The first kappa shape index (κ1) is 20.1. The summed E-state index contributed by atoms with van der Waals surface area (Å²) in [6.07, 6.45) is 2.44. The summed E-state index contributed by atoms with van der Waals surface area (Å²) in [5.41, 5.74) is 1.07. The second-order valence-corrected chi connectivity index (χ2v) is 8.41. The Morgan fingerprint density at radius 2 is 1.86 bits per heavy atom. The maximum Gasteiger partial charge on any atom is 0.410 e. The summed E-state index contributed by atoms with van der Waals surface area (Å²) in [7, 11) is 0. The van der Waals surface area contributed by atoms with Gasteiger partial charge in [-0.05, 0) is 52.0 Å². The van der Waals surface area contributed by atoms with Crippen molar-refractivity contribution in [2.24, 2.45) is 5.92 Å². The van der Waals surface area contributed by atoms with E-state index in [1.54, 1.807) is 15.9 Å². The van der Waals surface area contributed by atoms with E-state index in [2.05, 4.69) is 0 Å². The lowest BCUT2D eigenvalue weighted by Gasteiger charge is -2.36. The van der Waals surface area contributed by atoms with E-state index in [0.29, 0.717) is 38.2 Å². The summed E-state index contributed by atoms with van der Waals surface area (Å²) >= 11 is 0. The van der Waals surface area contributed by atoms with E-state index < -0.39 is 10.5 Å². The SMILES string of the molecule is CC(C)(C)OC(=O)N1CCC(C(=O)N2CCCc3ccc([N+](=O)[O-])cc32)CC1. The van der Waals surface area contributed by atoms with Crippen LogP contribution in [-0.2, 0) is 16.0 Å². The van der Waals surface area contributed by atoms with Gasteiger partial charge in [0.25, 0.3) is 5.69 Å². The molecule has 8 heteroatoms. The molecule has 8 nitrogen and oxygen atoms in total. The summed E-state index contributed by atoms with van der Waals surface area (Å²) in [5, 5.41) is 11.1. The normalized spacial score (nSPS) is 17.8. The van der Waals surface area contributed by atoms with Crippen LogP contribution in [0.2, 0.25) is 0 Å². The maximum absolute atomic E-state index is 13.1. The quantitative estimate of drug-likeness (QED) is 0.570. The third-order valence-electron chi connectivity index (χ3n) is 5.16. The zero-order valence-corrected chi connectivity index (χ0v) is 16.6. The molecule has 1 saturated heterocycles. The second-order valence-electron chi connectivity index (χ2n) is 8.41. The van der Waals surface area contributed by atoms with Crippen molar-refractivity contribution in [1.29, 1.82) is 0 Å². The highest BCUT2D eigenvalue weighted by Crippen LogP contribution is 2.33. The summed E-state index contributed by atoms with van der Waals surface area (Å²) < 4.78 is 5.40. The average Bonchev–Trinajstić information content (AvgIpc) is 2.65. The first-order valence-corrected chi connectivity index (χ1v) is 9.72. The maximum atomic E-state index is 13.1. The summed E-state index contributed by atoms with van der Waals surface area (Å²) in [5.74, 6) is -0.200. The lowest BCUT2D eigenvalue weighted by Crippen LogP contribution is -2.46. The first-order chi connectivity index (χ1) is 13.2. The molecule has 0 bridgehead atoms. The highest BCUT2D eigenvalue weighted by atomic mass is 16.6. The third kappa shape index (κ3) is 4.43. The number of ether oxygens (including phenoxy) is 1. The fraction of sp³-hybridized carbons (Fsp3) is 0.600. The zero-order valence-electron chi connectivity index (χ0n) is 16.6. The van der Waals surface area contributed by atoms with Gasteiger partial charge in [-0.1, -0.05) is 6.07 Å². The molecule has 0 spiro atoms. The Labute approximate surface area is 164 Å². The van der Waals surface area contributed by atoms with Crippen LogP contribution >= 0.6 is 0 Å². The minimum atomic E-state index is -0.546. The molecular formula is C20H27N3O5. The number of fused-ring (bicyclic) bond motifs is 1. The largest absolute Gasteiger partial charge is 0.444 e. The Hall–Kier alpha value is -2.64. The number of hydrogen-bond acceptors (Lipinski definition) is 5. The molecule has 2 amide bonds. The van der Waals surface area contributed by atoms with Crippen LogP contribution in [0, 0.1) is 16.0 Å². The van der Waals surface area contributed by atoms with Crippen LogP contribution < -0.4 is 4.90 Å². The van der Waals surface area contributed by atoms with E-state index in [4.69, 9.17) is 4.74 Å². The molecule has 0 atom stereocenters. The number of hydrogen-bond donors (Lipinski definition) is 0. The highest BCUT2D eigenvalue weighted by Gasteiger charge is 2.34. The van der Waals surface area contributed by atoms with Gasteiger partial charge in [-0.3, -0.25) is 14.9 Å². The smallest absolute Gasteiger partial charge is 0.410 e. The first-order valence-electron chi connectivity index (χ1n) is 9.72. The van der Waals surface area contributed by atoms with E-state index >= 15 is 0 Å². The number of carbonyl (C=O) groups is 2. The van der Waals surface area contributed by atoms with Gasteiger partial charge in [0.05, 0.1) is 10.6 Å². The van der Waals surface area contributed by atoms with E-state index in [9.17, 15) is 19.7 Å². The minimum absolute atomic E-state index is 0.00167. The zero-order chi connectivity index (χ0) is 20.5. The molecule has 0 N–H and O–H groups in total. The Kier molecular flexibility index (Phi) is 5.58. The molecule has 28 heavy (non-hydrogen) atoms. The van der Waals surface area contributed by atoms with Gasteiger partial charge < -0.3 is 14.5 Å². The Bertz CT molecular complexity index is 779. The molecule has 0 unspecified atom stereocenters. The molecule has 152 valence electrons. The predicted molar refractivity (Wildman–Crippen MR) is 104 cm³/mol. The number of anilines is 1. The van der Waals surface area contributed by atoms with Crippen LogP contribution in [-0.4, -0.2) is 47.1 Å². The molecule has 0 aliphatic carbocycles. The Morgan fingerprint density at radius 1 is 1.18 bits per heavy atom. The molecule has 1 aromatic carbocycles. The van der Waals surface area contributed by atoms with E-state index in [-0.39, 0.29) is 23.6 Å². The number of nitro groups is 1. The topological polar surface area (TPSA) is 93.0 Å². The highest BCUT2D eigenvalue weighted by molar-refractivity contribution is 5.96. The van der Waals surface area contributed by atoms with Gasteiger partial charge in [0, 0.05) is 37.7 Å². The lowest BCUT2D eigenvalue weighted by atomic mass is 9.93. The van der Waals surface area contributed by atoms with Crippen molar-refractivity contribution in [1.82, 2.24) is 4.90 Å². The van der Waals surface area contributed by atoms with Crippen LogP contribution in [0.25, 0.3) is 0 Å². The van der Waals surface area contributed by atoms with Crippen LogP contribution in [0.3, 0.4) is 0 Å². The van der Waals surface area contributed by atoms with Crippen molar-refractivity contribution in [3.8, 4) is 0 Å². The number of nitro benzene ring substituents is 1. The van der Waals surface area contributed by atoms with Crippen molar-refractivity contribution in [2.45, 2.75) is 52.1 Å². The van der Waals surface area contributed by atoms with Crippen LogP contribution in [0.4, 0.5) is 16.2 Å². The summed E-state index contributed by atoms with van der Waals surface area (Å²) in [4.78, 5) is 39.3. The third-order valence-corrected chi connectivity index (χ3v) is 5.16. The molecule has 2 heterocycles. The number of benzene rings is 1. The van der Waals surface area contributed by atoms with E-state index in [1.165, 1.54) is 12.1 Å². The van der Waals surface area contributed by atoms with Crippen molar-refractivity contribution < 1.29 is 19.2 Å². The Morgan fingerprint density at radius 3 is 2.46 bits per heavy atom. The van der Waals surface area contributed by atoms with Gasteiger partial charge >= 0.3 is 6.09 Å². The fourth-order valence-electron chi connectivity index (χ4n) is 3.76. The van der Waals surface area contributed by atoms with Gasteiger partial charge in [0.2, 0.25) is 5.91 Å². The van der Waals surface area contributed by atoms with Gasteiger partial charge in [0.15, 0.2) is 0 Å². The van der Waals surface area contributed by atoms with Gasteiger partial charge in [-0.15, -0.1) is 0 Å². The van der Waals surface area contributed by atoms with E-state index in [1.807, 2.05) is 20.8 Å². The standard InChI is InChI=1S/C20H27N3O5/c1-20(2,3)28-19(25)21-11-8-15(9-12-21)18(24)22-10-4-5-14-6-7-16(23(26)27)13-17(14)22/h6-7,13,15H,4-5,8-12H2,1-3H3. The monoisotopic (exact) mass is 389 g/mol. The van der Waals surface area contributed by atoms with Crippen molar-refractivity contribution in [2.75, 3.05) is 24.5 Å². The molecule has 1 fully saturated rings. The molecule has 0 radical (unpaired) electrons. The molecular weight excluding hydrogens is 362 g/mol. The number of carbonyl (C=O) groups excluding carboxylic acids is 2. The number of rotatable bonds is 2. The second kappa shape index (κ2) is 7.77. The number of piperidine rings is 1. The molecule has 3 rings (SSSR count). The van der Waals surface area contributed by atoms with Gasteiger partial charge in [-0.25, -0.2) is 4.79 Å². The average molecular weight is 389 g/mol. The number of nitrogens with zero attached hydrogens (tertiary/aromatic N) is 3. The van der Waals surface area contributed by atoms with Crippen molar-refractivity contribution in [3.05, 3.63) is 33.9 Å². The van der Waals surface area contributed by atoms with Gasteiger partial charge in [-0.2, -0.15) is 0 Å². The van der Waals surface area contributed by atoms with E-state index in [0.717, 1.165) is 18.4 Å². The number of likely N-dealkylation sites (tertiary alicyclic amines) is 1. The van der Waals surface area contributed by atoms with Crippen LogP contribution in [0.5, 0.6) is 0 Å². The summed E-state index contributed by atoms with van der Waals surface area (Å²) in [6.45, 7) is 7.00. The minimum Gasteiger partial charge on any atom is -0.444 e. The lowest BCUT2D eigenvalue weighted by molar-refractivity contribution is -0.384. The van der Waals surface area contributed by atoms with Crippen molar-refractivity contribution in [3.63, 3.8) is 0 Å².